The van der Waals surface area contributed by atoms with Gasteiger partial charge in [-0.15, -0.1) is 0 Å². The van der Waals surface area contributed by atoms with Crippen molar-refractivity contribution in [2.45, 2.75) is 18.1 Å². The quantitative estimate of drug-likeness (QED) is 0.517. The molecule has 0 saturated heterocycles. The zero-order valence-electron chi connectivity index (χ0n) is 5.93. The van der Waals surface area contributed by atoms with E-state index >= 15 is 0 Å². The van der Waals surface area contributed by atoms with Gasteiger partial charge in [0, 0.05) is 0 Å². The first kappa shape index (κ1) is 11.6. The highest BCUT2D eigenvalue weighted by atomic mass is 32.2. The van der Waals surface area contributed by atoms with E-state index in [2.05, 4.69) is 4.18 Å². The lowest BCUT2D eigenvalue weighted by molar-refractivity contribution is 0.00355. The van der Waals surface area contributed by atoms with Crippen molar-refractivity contribution in [3.05, 3.63) is 0 Å². The molecule has 74 valence electrons. The summed E-state index contributed by atoms with van der Waals surface area (Å²) in [6, 6.07) is 0. The summed E-state index contributed by atoms with van der Waals surface area (Å²) in [7, 11) is -4.73. The monoisotopic (exact) mass is 210 g/mol. The Hall–Kier alpha value is -0.370. The molecule has 0 amide bonds. The van der Waals surface area contributed by atoms with E-state index in [9.17, 15) is 26.0 Å². The molecular weight excluding hydrogens is 204 g/mol. The van der Waals surface area contributed by atoms with Crippen LogP contribution >= 0.6 is 0 Å². The molecule has 12 heavy (non-hydrogen) atoms. The first-order chi connectivity index (χ1) is 5.23. The first-order valence-electron chi connectivity index (χ1n) is 2.69. The number of alkyl halides is 4. The highest BCUT2D eigenvalue weighted by Crippen LogP contribution is 2.29. The Labute approximate surface area is 66.4 Å². The van der Waals surface area contributed by atoms with Gasteiger partial charge in [-0.1, -0.05) is 0 Å². The molecule has 8 heteroatoms. The molecule has 0 radical (unpaired) electrons. The zero-order chi connectivity index (χ0) is 9.99. The molecule has 0 aromatic rings. The minimum Gasteiger partial charge on any atom is -0.269 e. The van der Waals surface area contributed by atoms with Crippen LogP contribution in [0.25, 0.3) is 0 Å². The lowest BCUT2D eigenvalue weighted by atomic mass is 10.5. The smallest absolute Gasteiger partial charge is 0.269 e. The Morgan fingerprint density at radius 1 is 1.42 bits per heavy atom. The van der Waals surface area contributed by atoms with Crippen LogP contribution in [0, 0.1) is 0 Å². The fourth-order valence-electron chi connectivity index (χ4n) is 0.404. The Morgan fingerprint density at radius 2 is 1.83 bits per heavy atom. The third kappa shape index (κ3) is 2.59. The van der Waals surface area contributed by atoms with Gasteiger partial charge in [0.05, 0.1) is 13.5 Å². The topological polar surface area (TPSA) is 43.4 Å². The van der Waals surface area contributed by atoms with E-state index in [1.54, 1.807) is 0 Å². The predicted octanol–water partition coefficient (Wildman–Crippen LogP) is 1.21. The summed E-state index contributed by atoms with van der Waals surface area (Å²) < 4.78 is 71.2. The molecule has 0 atom stereocenters. The van der Waals surface area contributed by atoms with Crippen molar-refractivity contribution in [1.29, 1.82) is 0 Å². The van der Waals surface area contributed by atoms with Gasteiger partial charge in [0.15, 0.2) is 0 Å². The van der Waals surface area contributed by atoms with Gasteiger partial charge < -0.3 is 0 Å². The molecular formula is C4H6F4O3S. The van der Waals surface area contributed by atoms with Gasteiger partial charge in [-0.3, -0.25) is 4.18 Å². The van der Waals surface area contributed by atoms with E-state index in [4.69, 9.17) is 0 Å². The van der Waals surface area contributed by atoms with Gasteiger partial charge in [-0.25, -0.2) is 8.78 Å². The molecule has 0 aliphatic rings. The molecule has 0 heterocycles. The summed E-state index contributed by atoms with van der Waals surface area (Å²) >= 11 is 0. The van der Waals surface area contributed by atoms with Crippen LogP contribution in [0.15, 0.2) is 0 Å². The van der Waals surface area contributed by atoms with E-state index in [1.165, 1.54) is 0 Å². The van der Waals surface area contributed by atoms with Crippen LogP contribution in [0.4, 0.5) is 17.6 Å². The van der Waals surface area contributed by atoms with E-state index < -0.39 is 28.2 Å². The molecule has 0 aromatic heterocycles. The Balaban J connectivity index is 4.62. The third-order valence-electron chi connectivity index (χ3n) is 0.977. The van der Waals surface area contributed by atoms with E-state index in [1.807, 2.05) is 0 Å². The average Bonchev–Trinajstić information content (AvgIpc) is 1.84. The molecule has 0 bridgehead atoms. The number of hydrogen-bond acceptors (Lipinski definition) is 3. The summed E-state index contributed by atoms with van der Waals surface area (Å²) in [5.41, 5.74) is 0. The summed E-state index contributed by atoms with van der Waals surface area (Å²) in [6.45, 7) is 0. The van der Waals surface area contributed by atoms with Crippen LogP contribution in [0.3, 0.4) is 0 Å². The molecule has 0 fully saturated rings. The second-order valence-corrected chi connectivity index (χ2v) is 3.69. The fourth-order valence-corrected chi connectivity index (χ4v) is 0.978. The van der Waals surface area contributed by atoms with Crippen LogP contribution in [0.2, 0.25) is 0 Å². The maximum Gasteiger partial charge on any atom is 0.375 e. The molecule has 0 saturated carbocycles. The van der Waals surface area contributed by atoms with E-state index in [0.717, 1.165) is 0 Å². The molecule has 0 aromatic carbocycles. The molecule has 0 rings (SSSR count). The standard InChI is InChI=1S/C4H6F4O3S/c1-11-12(9,10)4(7,8)2-3(5)6/h3H,2H2,1H3. The molecule has 0 unspecified atom stereocenters. The summed E-state index contributed by atoms with van der Waals surface area (Å²) in [5.74, 6) is 0. The normalized spacial score (nSPS) is 13.8. The van der Waals surface area contributed by atoms with Gasteiger partial charge in [-0.2, -0.15) is 17.2 Å². The van der Waals surface area contributed by atoms with Crippen LogP contribution in [-0.2, 0) is 14.3 Å². The maximum absolute atomic E-state index is 12.3. The summed E-state index contributed by atoms with van der Waals surface area (Å²) in [6.07, 6.45) is -5.45. The average molecular weight is 210 g/mol. The van der Waals surface area contributed by atoms with Crippen molar-refractivity contribution in [2.24, 2.45) is 0 Å². The molecule has 3 nitrogen and oxygen atoms in total. The van der Waals surface area contributed by atoms with Crippen molar-refractivity contribution in [3.8, 4) is 0 Å². The van der Waals surface area contributed by atoms with Gasteiger partial charge >= 0.3 is 15.4 Å². The molecule has 0 N–H and O–H groups in total. The van der Waals surface area contributed by atoms with Crippen LogP contribution in [0.5, 0.6) is 0 Å². The first-order valence-corrected chi connectivity index (χ1v) is 4.10. The van der Waals surface area contributed by atoms with Gasteiger partial charge in [0.2, 0.25) is 6.43 Å². The van der Waals surface area contributed by atoms with E-state index in [0.29, 0.717) is 7.11 Å². The van der Waals surface area contributed by atoms with Gasteiger partial charge in [-0.05, 0) is 0 Å². The van der Waals surface area contributed by atoms with Crippen LogP contribution in [-0.4, -0.2) is 27.2 Å². The predicted molar refractivity (Wildman–Crippen MR) is 31.5 cm³/mol. The minimum absolute atomic E-state index is 0.481. The Kier molecular flexibility index (Phi) is 3.45. The van der Waals surface area contributed by atoms with Crippen molar-refractivity contribution >= 4 is 10.1 Å². The molecule has 0 spiro atoms. The number of rotatable bonds is 4. The summed E-state index contributed by atoms with van der Waals surface area (Å²) in [4.78, 5) is 0. The highest BCUT2D eigenvalue weighted by Gasteiger charge is 2.47. The fraction of sp³-hybridized carbons (Fsp3) is 1.00. The number of halogens is 4. The van der Waals surface area contributed by atoms with Crippen molar-refractivity contribution in [1.82, 2.24) is 0 Å². The largest absolute Gasteiger partial charge is 0.375 e. The lowest BCUT2D eigenvalue weighted by Gasteiger charge is -2.13. The second kappa shape index (κ2) is 3.56. The Bertz CT molecular complexity index is 235. The minimum atomic E-state index is -5.21. The SMILES string of the molecule is COS(=O)(=O)C(F)(F)CC(F)F. The second-order valence-electron chi connectivity index (χ2n) is 1.85. The van der Waals surface area contributed by atoms with Gasteiger partial charge in [0.25, 0.3) is 0 Å². The van der Waals surface area contributed by atoms with Crippen LogP contribution in [0.1, 0.15) is 6.42 Å². The molecule has 0 aliphatic carbocycles. The molecule has 0 aliphatic heterocycles. The summed E-state index contributed by atoms with van der Waals surface area (Å²) in [5, 5.41) is -4.53. The Morgan fingerprint density at radius 3 is 2.08 bits per heavy atom. The number of hydrogen-bond donors (Lipinski definition) is 0. The highest BCUT2D eigenvalue weighted by molar-refractivity contribution is 7.87. The van der Waals surface area contributed by atoms with Crippen molar-refractivity contribution < 1.29 is 30.2 Å². The van der Waals surface area contributed by atoms with Crippen LogP contribution < -0.4 is 0 Å². The maximum atomic E-state index is 12.3. The van der Waals surface area contributed by atoms with Crippen molar-refractivity contribution in [2.75, 3.05) is 7.11 Å². The van der Waals surface area contributed by atoms with Crippen molar-refractivity contribution in [3.63, 3.8) is 0 Å². The third-order valence-corrected chi connectivity index (χ3v) is 2.31. The lowest BCUT2D eigenvalue weighted by Crippen LogP contribution is -2.31. The van der Waals surface area contributed by atoms with Gasteiger partial charge in [0.1, 0.15) is 0 Å². The van der Waals surface area contributed by atoms with E-state index in [-0.39, 0.29) is 0 Å². The zero-order valence-corrected chi connectivity index (χ0v) is 6.75.